The Labute approximate surface area is 181 Å². The van der Waals surface area contributed by atoms with Crippen LogP contribution in [0.3, 0.4) is 0 Å². The lowest BCUT2D eigenvalue weighted by atomic mass is 10.1. The lowest BCUT2D eigenvalue weighted by Crippen LogP contribution is -2.52. The van der Waals surface area contributed by atoms with E-state index >= 15 is 0 Å². The number of para-hydroxylation sites is 2. The van der Waals surface area contributed by atoms with E-state index in [0.717, 1.165) is 24.5 Å². The molecule has 0 bridgehead atoms. The van der Waals surface area contributed by atoms with Gasteiger partial charge in [0.05, 0.1) is 30.9 Å². The molecule has 0 radical (unpaired) electrons. The van der Waals surface area contributed by atoms with Crippen molar-refractivity contribution in [2.45, 2.75) is 19.4 Å². The molecule has 3 amide bonds. The predicted molar refractivity (Wildman–Crippen MR) is 118 cm³/mol. The molecule has 0 aromatic heterocycles. The number of benzene rings is 2. The summed E-state index contributed by atoms with van der Waals surface area (Å²) >= 11 is 0. The Hall–Kier alpha value is -3.39. The molecule has 31 heavy (non-hydrogen) atoms. The van der Waals surface area contributed by atoms with E-state index in [2.05, 4.69) is 15.1 Å². The molecule has 8 heteroatoms. The van der Waals surface area contributed by atoms with Gasteiger partial charge in [0, 0.05) is 38.8 Å². The molecule has 2 aliphatic heterocycles. The number of carbonyl (C=O) groups is 3. The number of hydrogen-bond donors (Lipinski definition) is 1. The first-order chi connectivity index (χ1) is 15.0. The molecule has 0 spiro atoms. The van der Waals surface area contributed by atoms with E-state index in [0.29, 0.717) is 24.5 Å². The molecule has 0 unspecified atom stereocenters. The number of nitrogens with zero attached hydrogens (tertiary/aromatic N) is 3. The summed E-state index contributed by atoms with van der Waals surface area (Å²) in [5, 5.41) is 2.68. The van der Waals surface area contributed by atoms with Crippen molar-refractivity contribution in [1.29, 1.82) is 0 Å². The van der Waals surface area contributed by atoms with Crippen LogP contribution in [0.1, 0.15) is 13.3 Å². The van der Waals surface area contributed by atoms with Gasteiger partial charge in [-0.05, 0) is 36.4 Å². The zero-order valence-corrected chi connectivity index (χ0v) is 17.7. The van der Waals surface area contributed by atoms with Gasteiger partial charge in [0.25, 0.3) is 5.91 Å². The van der Waals surface area contributed by atoms with Gasteiger partial charge in [0.2, 0.25) is 11.8 Å². The summed E-state index contributed by atoms with van der Waals surface area (Å²) in [6.45, 7) is 4.32. The Morgan fingerprint density at radius 3 is 2.32 bits per heavy atom. The summed E-state index contributed by atoms with van der Waals surface area (Å²) < 4.78 is 5.47. The van der Waals surface area contributed by atoms with Gasteiger partial charge in [-0.25, -0.2) is 4.90 Å². The van der Waals surface area contributed by atoms with Crippen molar-refractivity contribution in [1.82, 2.24) is 4.90 Å². The van der Waals surface area contributed by atoms with E-state index in [1.807, 2.05) is 24.3 Å². The molecular formula is C23H26N4O4. The lowest BCUT2D eigenvalue weighted by Gasteiger charge is -2.38. The first-order valence-corrected chi connectivity index (χ1v) is 10.3. The highest BCUT2D eigenvalue weighted by Gasteiger charge is 2.43. The van der Waals surface area contributed by atoms with Gasteiger partial charge in [-0.3, -0.25) is 19.3 Å². The average Bonchev–Trinajstić information content (AvgIpc) is 3.08. The quantitative estimate of drug-likeness (QED) is 0.744. The largest absolute Gasteiger partial charge is 0.495 e. The van der Waals surface area contributed by atoms with Crippen LogP contribution < -0.4 is 19.9 Å². The first kappa shape index (κ1) is 20.9. The van der Waals surface area contributed by atoms with Crippen LogP contribution in [0.5, 0.6) is 5.75 Å². The number of carbonyl (C=O) groups excluding carboxylic acids is 3. The molecule has 1 atom stereocenters. The third-order valence-electron chi connectivity index (χ3n) is 5.75. The summed E-state index contributed by atoms with van der Waals surface area (Å²) in [5.41, 5.74) is 2.19. The van der Waals surface area contributed by atoms with Gasteiger partial charge in [-0.2, -0.15) is 0 Å². The average molecular weight is 422 g/mol. The molecule has 162 valence electrons. The molecule has 2 saturated heterocycles. The molecule has 2 heterocycles. The first-order valence-electron chi connectivity index (χ1n) is 10.3. The third-order valence-corrected chi connectivity index (χ3v) is 5.75. The second kappa shape index (κ2) is 8.77. The van der Waals surface area contributed by atoms with Gasteiger partial charge in [-0.1, -0.05) is 12.1 Å². The summed E-state index contributed by atoms with van der Waals surface area (Å²) in [6, 6.07) is 14.2. The number of imide groups is 1. The van der Waals surface area contributed by atoms with Gasteiger partial charge in [0.1, 0.15) is 5.75 Å². The summed E-state index contributed by atoms with van der Waals surface area (Å²) in [7, 11) is 1.66. The number of nitrogens with one attached hydrogen (secondary N) is 1. The molecule has 2 aliphatic rings. The van der Waals surface area contributed by atoms with Crippen LogP contribution >= 0.6 is 0 Å². The summed E-state index contributed by atoms with van der Waals surface area (Å²) in [5.74, 6) is 0.266. The van der Waals surface area contributed by atoms with Crippen molar-refractivity contribution in [3.8, 4) is 5.75 Å². The van der Waals surface area contributed by atoms with Gasteiger partial charge in [-0.15, -0.1) is 0 Å². The Bertz CT molecular complexity index is 983. The molecule has 2 fully saturated rings. The van der Waals surface area contributed by atoms with Crippen molar-refractivity contribution in [3.05, 3.63) is 48.5 Å². The number of piperazine rings is 1. The van der Waals surface area contributed by atoms with E-state index < -0.39 is 6.04 Å². The maximum absolute atomic E-state index is 13.1. The topological polar surface area (TPSA) is 82.2 Å². The van der Waals surface area contributed by atoms with Crippen molar-refractivity contribution in [3.63, 3.8) is 0 Å². The minimum absolute atomic E-state index is 0.173. The Balaban J connectivity index is 1.42. The molecule has 0 aliphatic carbocycles. The zero-order chi connectivity index (χ0) is 22.0. The van der Waals surface area contributed by atoms with Crippen molar-refractivity contribution < 1.29 is 19.1 Å². The fraction of sp³-hybridized carbons (Fsp3) is 0.348. The highest BCUT2D eigenvalue weighted by Crippen LogP contribution is 2.31. The minimum Gasteiger partial charge on any atom is -0.495 e. The second-order valence-corrected chi connectivity index (χ2v) is 7.71. The number of anilines is 3. The fourth-order valence-electron chi connectivity index (χ4n) is 4.24. The molecule has 8 nitrogen and oxygen atoms in total. The van der Waals surface area contributed by atoms with Crippen LogP contribution in [-0.2, 0) is 14.4 Å². The molecule has 4 rings (SSSR count). The van der Waals surface area contributed by atoms with Gasteiger partial charge in [0.15, 0.2) is 0 Å². The molecule has 2 aromatic carbocycles. The van der Waals surface area contributed by atoms with Crippen LogP contribution in [0.2, 0.25) is 0 Å². The maximum atomic E-state index is 13.1. The summed E-state index contributed by atoms with van der Waals surface area (Å²) in [6.07, 6.45) is 0.181. The minimum atomic E-state index is -0.442. The summed E-state index contributed by atoms with van der Waals surface area (Å²) in [4.78, 5) is 42.5. The zero-order valence-electron chi connectivity index (χ0n) is 17.7. The normalized spacial score (nSPS) is 19.6. The van der Waals surface area contributed by atoms with Crippen LogP contribution in [0.25, 0.3) is 0 Å². The Morgan fingerprint density at radius 1 is 1.00 bits per heavy atom. The third kappa shape index (κ3) is 4.25. The number of hydrogen-bond acceptors (Lipinski definition) is 6. The fourth-order valence-corrected chi connectivity index (χ4v) is 4.24. The van der Waals surface area contributed by atoms with Crippen molar-refractivity contribution >= 4 is 34.8 Å². The highest BCUT2D eigenvalue weighted by atomic mass is 16.5. The van der Waals surface area contributed by atoms with Crippen LogP contribution in [-0.4, -0.2) is 62.0 Å². The molecular weight excluding hydrogens is 396 g/mol. The predicted octanol–water partition coefficient (Wildman–Crippen LogP) is 2.11. The van der Waals surface area contributed by atoms with Crippen molar-refractivity contribution in [2.24, 2.45) is 0 Å². The number of methoxy groups -OCH3 is 1. The lowest BCUT2D eigenvalue weighted by molar-refractivity contribution is -0.123. The standard InChI is InChI=1S/C23H26N4O4/c1-16(28)24-17-7-9-18(10-8-17)27-22(29)15-20(23(27)30)26-13-11-25(12-14-26)19-5-3-4-6-21(19)31-2/h3-10,20H,11-15H2,1-2H3,(H,24,28)/t20-/m0/s1. The second-order valence-electron chi connectivity index (χ2n) is 7.71. The Morgan fingerprint density at radius 2 is 1.68 bits per heavy atom. The Kier molecular flexibility index (Phi) is 5.90. The monoisotopic (exact) mass is 422 g/mol. The molecule has 2 aromatic rings. The van der Waals surface area contributed by atoms with E-state index in [9.17, 15) is 14.4 Å². The number of ether oxygens (including phenoxy) is 1. The van der Waals surface area contributed by atoms with Crippen LogP contribution in [0.15, 0.2) is 48.5 Å². The van der Waals surface area contributed by atoms with E-state index in [-0.39, 0.29) is 24.1 Å². The van der Waals surface area contributed by atoms with Crippen LogP contribution in [0.4, 0.5) is 17.1 Å². The van der Waals surface area contributed by atoms with Crippen LogP contribution in [0, 0.1) is 0 Å². The van der Waals surface area contributed by atoms with E-state index in [1.165, 1.54) is 11.8 Å². The SMILES string of the molecule is COc1ccccc1N1CCN([C@H]2CC(=O)N(c3ccc(NC(C)=O)cc3)C2=O)CC1. The van der Waals surface area contributed by atoms with Gasteiger partial charge < -0.3 is 15.0 Å². The number of rotatable bonds is 5. The maximum Gasteiger partial charge on any atom is 0.251 e. The van der Waals surface area contributed by atoms with Crippen molar-refractivity contribution in [2.75, 3.05) is 48.4 Å². The number of amides is 3. The smallest absolute Gasteiger partial charge is 0.251 e. The van der Waals surface area contributed by atoms with E-state index in [4.69, 9.17) is 4.74 Å². The molecule has 0 saturated carbocycles. The van der Waals surface area contributed by atoms with E-state index in [1.54, 1.807) is 31.4 Å². The van der Waals surface area contributed by atoms with Gasteiger partial charge >= 0.3 is 0 Å². The highest BCUT2D eigenvalue weighted by molar-refractivity contribution is 6.22. The molecule has 1 N–H and O–H groups in total.